The Kier molecular flexibility index (Phi) is 16.2. The van der Waals surface area contributed by atoms with E-state index in [0.29, 0.717) is 18.5 Å². The van der Waals surface area contributed by atoms with Crippen LogP contribution in [0.4, 0.5) is 0 Å². The third-order valence-corrected chi connectivity index (χ3v) is 10.0. The molecule has 1 aliphatic heterocycles. The number of likely N-dealkylation sites (N-methyl/N-ethyl adjacent to an activating group) is 1. The molecule has 8 unspecified atom stereocenters. The standard InChI is InChI=1S/C37H63N5O7/c1-12-23(4)31(41(9)35(46)30(22(2)3)40-36(47)37(7,8)38)28(48-10)21-29(43)42-20-16-19-27(42)33(49-11)24(5)34(45)39-25(6)32(44)26-17-14-13-15-18-26/h13-15,17-18,22-25,27-28,30-33,44H,12,16,19-21,38H2,1-11H3,(H,39,45)(H,40,47)/t23?,24?,25?,27?,28?,30-,31?,32?,33?/m0/s1. The highest BCUT2D eigenvalue weighted by Crippen LogP contribution is 2.30. The van der Waals surface area contributed by atoms with Crippen molar-refractivity contribution >= 4 is 23.6 Å². The summed E-state index contributed by atoms with van der Waals surface area (Å²) in [6.45, 7) is 15.0. The van der Waals surface area contributed by atoms with Crippen molar-refractivity contribution in [1.82, 2.24) is 20.4 Å². The molecule has 5 N–H and O–H groups in total. The van der Waals surface area contributed by atoms with Crippen molar-refractivity contribution < 1.29 is 33.8 Å². The van der Waals surface area contributed by atoms with Crippen molar-refractivity contribution in [2.75, 3.05) is 27.8 Å². The Morgan fingerprint density at radius 3 is 2.16 bits per heavy atom. The molecular weight excluding hydrogens is 626 g/mol. The third-order valence-electron chi connectivity index (χ3n) is 10.0. The highest BCUT2D eigenvalue weighted by molar-refractivity contribution is 5.91. The minimum atomic E-state index is -1.16. The van der Waals surface area contributed by atoms with Crippen LogP contribution in [0.1, 0.15) is 92.7 Å². The third kappa shape index (κ3) is 11.0. The largest absolute Gasteiger partial charge is 0.386 e. The molecule has 278 valence electrons. The van der Waals surface area contributed by atoms with Crippen LogP contribution in [0.5, 0.6) is 0 Å². The predicted octanol–water partition coefficient (Wildman–Crippen LogP) is 3.02. The van der Waals surface area contributed by atoms with E-state index in [1.165, 1.54) is 0 Å². The summed E-state index contributed by atoms with van der Waals surface area (Å²) in [5.74, 6) is -1.97. The fourth-order valence-corrected chi connectivity index (χ4v) is 6.74. The molecule has 1 fully saturated rings. The van der Waals surface area contributed by atoms with Crippen LogP contribution in [0.3, 0.4) is 0 Å². The highest BCUT2D eigenvalue weighted by atomic mass is 16.5. The molecule has 1 heterocycles. The van der Waals surface area contributed by atoms with Gasteiger partial charge in [0, 0.05) is 27.8 Å². The van der Waals surface area contributed by atoms with Crippen molar-refractivity contribution in [3.63, 3.8) is 0 Å². The summed E-state index contributed by atoms with van der Waals surface area (Å²) in [5.41, 5.74) is 5.56. The molecule has 12 nitrogen and oxygen atoms in total. The van der Waals surface area contributed by atoms with E-state index in [2.05, 4.69) is 10.6 Å². The first-order valence-electron chi connectivity index (χ1n) is 17.7. The van der Waals surface area contributed by atoms with E-state index >= 15 is 0 Å². The summed E-state index contributed by atoms with van der Waals surface area (Å²) in [7, 11) is 4.78. The van der Waals surface area contributed by atoms with Gasteiger partial charge >= 0.3 is 0 Å². The summed E-state index contributed by atoms with van der Waals surface area (Å²) in [6.07, 6.45) is 0.0864. The molecule has 1 aliphatic rings. The van der Waals surface area contributed by atoms with Gasteiger partial charge in [-0.1, -0.05) is 71.4 Å². The first kappa shape index (κ1) is 42.1. The minimum absolute atomic E-state index is 0.0193. The zero-order valence-electron chi connectivity index (χ0n) is 31.6. The number of carbonyl (C=O) groups is 4. The molecule has 0 radical (unpaired) electrons. The number of amides is 4. The molecule has 2 rings (SSSR count). The van der Waals surface area contributed by atoms with Crippen LogP contribution in [0.15, 0.2) is 30.3 Å². The van der Waals surface area contributed by atoms with Gasteiger partial charge in [-0.25, -0.2) is 0 Å². The Labute approximate surface area is 293 Å². The molecule has 1 saturated heterocycles. The molecule has 0 spiro atoms. The Morgan fingerprint density at radius 1 is 1.04 bits per heavy atom. The summed E-state index contributed by atoms with van der Waals surface area (Å²) in [5, 5.41) is 16.6. The molecule has 0 bridgehead atoms. The fourth-order valence-electron chi connectivity index (χ4n) is 6.74. The Morgan fingerprint density at radius 2 is 1.65 bits per heavy atom. The van der Waals surface area contributed by atoms with Crippen LogP contribution in [0.2, 0.25) is 0 Å². The number of likely N-dealkylation sites (tertiary alicyclic amines) is 1. The molecule has 0 aromatic heterocycles. The number of hydrogen-bond acceptors (Lipinski definition) is 8. The van der Waals surface area contributed by atoms with E-state index in [0.717, 1.165) is 12.8 Å². The molecule has 12 heteroatoms. The summed E-state index contributed by atoms with van der Waals surface area (Å²) in [6, 6.07) is 7.01. The van der Waals surface area contributed by atoms with Crippen LogP contribution in [-0.2, 0) is 28.7 Å². The van der Waals surface area contributed by atoms with Gasteiger partial charge in [0.05, 0.1) is 54.3 Å². The molecule has 4 amide bonds. The second-order valence-corrected chi connectivity index (χ2v) is 14.7. The van der Waals surface area contributed by atoms with E-state index in [1.54, 1.807) is 58.8 Å². The first-order chi connectivity index (χ1) is 22.9. The van der Waals surface area contributed by atoms with Crippen LogP contribution in [-0.4, -0.2) is 108 Å². The number of carbonyl (C=O) groups excluding carboxylic acids is 4. The summed E-state index contributed by atoms with van der Waals surface area (Å²) >= 11 is 0. The number of aliphatic hydroxyl groups excluding tert-OH is 1. The number of nitrogens with one attached hydrogen (secondary N) is 2. The second kappa shape index (κ2) is 18.8. The van der Waals surface area contributed by atoms with Gasteiger partial charge in [-0.3, -0.25) is 19.2 Å². The monoisotopic (exact) mass is 689 g/mol. The summed E-state index contributed by atoms with van der Waals surface area (Å²) < 4.78 is 11.8. The van der Waals surface area contributed by atoms with E-state index in [9.17, 15) is 24.3 Å². The maximum Gasteiger partial charge on any atom is 0.245 e. The Balaban J connectivity index is 2.23. The highest BCUT2D eigenvalue weighted by Gasteiger charge is 2.43. The van der Waals surface area contributed by atoms with Gasteiger partial charge in [0.15, 0.2) is 0 Å². The van der Waals surface area contributed by atoms with E-state index < -0.39 is 53.8 Å². The summed E-state index contributed by atoms with van der Waals surface area (Å²) in [4.78, 5) is 57.6. The van der Waals surface area contributed by atoms with Crippen LogP contribution < -0.4 is 16.4 Å². The molecule has 1 aromatic carbocycles. The quantitative estimate of drug-likeness (QED) is 0.183. The zero-order chi connectivity index (χ0) is 37.2. The number of nitrogens with two attached hydrogens (primary N) is 1. The average molecular weight is 690 g/mol. The van der Waals surface area contributed by atoms with E-state index in [-0.39, 0.29) is 42.0 Å². The molecule has 0 saturated carbocycles. The van der Waals surface area contributed by atoms with Gasteiger partial charge < -0.3 is 40.7 Å². The lowest BCUT2D eigenvalue weighted by atomic mass is 9.89. The van der Waals surface area contributed by atoms with Gasteiger partial charge in [0.1, 0.15) is 6.04 Å². The van der Waals surface area contributed by atoms with Gasteiger partial charge in [-0.2, -0.15) is 0 Å². The van der Waals surface area contributed by atoms with Crippen LogP contribution in [0, 0.1) is 17.8 Å². The second-order valence-electron chi connectivity index (χ2n) is 14.7. The van der Waals surface area contributed by atoms with Gasteiger partial charge in [0.25, 0.3) is 0 Å². The Bertz CT molecular complexity index is 1220. The van der Waals surface area contributed by atoms with Crippen LogP contribution >= 0.6 is 0 Å². The van der Waals surface area contributed by atoms with Gasteiger partial charge in [-0.05, 0) is 51.0 Å². The SMILES string of the molecule is CCC(C)C(C(CC(=O)N1CCCC1C(OC)C(C)C(=O)NC(C)C(O)c1ccccc1)OC)N(C)C(=O)[C@@H](NC(=O)C(C)(C)N)C(C)C. The number of nitrogens with zero attached hydrogens (tertiary/aromatic N) is 2. The minimum Gasteiger partial charge on any atom is -0.386 e. The van der Waals surface area contributed by atoms with E-state index in [4.69, 9.17) is 15.2 Å². The number of ether oxygens (including phenoxy) is 2. The number of aliphatic hydroxyl groups is 1. The maximum absolute atomic E-state index is 14.1. The number of benzene rings is 1. The van der Waals surface area contributed by atoms with Crippen molar-refractivity contribution in [3.8, 4) is 0 Å². The predicted molar refractivity (Wildman–Crippen MR) is 190 cm³/mol. The average Bonchev–Trinajstić information content (AvgIpc) is 3.55. The van der Waals surface area contributed by atoms with Gasteiger partial charge in [0.2, 0.25) is 23.6 Å². The lowest BCUT2D eigenvalue weighted by Crippen LogP contribution is -2.60. The first-order valence-corrected chi connectivity index (χ1v) is 17.7. The topological polar surface area (TPSA) is 164 Å². The van der Waals surface area contributed by atoms with E-state index in [1.807, 2.05) is 58.0 Å². The number of methoxy groups -OCH3 is 2. The van der Waals surface area contributed by atoms with Crippen molar-refractivity contribution in [2.24, 2.45) is 23.5 Å². The number of rotatable bonds is 18. The lowest BCUT2D eigenvalue weighted by molar-refractivity contribution is -0.148. The van der Waals surface area contributed by atoms with Gasteiger partial charge in [-0.15, -0.1) is 0 Å². The molecular formula is C37H63N5O7. The Hall–Kier alpha value is -3.06. The molecule has 49 heavy (non-hydrogen) atoms. The van der Waals surface area contributed by atoms with Crippen molar-refractivity contribution in [2.45, 2.75) is 129 Å². The normalized spacial score (nSPS) is 20.0. The molecule has 9 atom stereocenters. The maximum atomic E-state index is 14.1. The van der Waals surface area contributed by atoms with Crippen molar-refractivity contribution in [3.05, 3.63) is 35.9 Å². The molecule has 0 aliphatic carbocycles. The van der Waals surface area contributed by atoms with Crippen LogP contribution in [0.25, 0.3) is 0 Å². The smallest absolute Gasteiger partial charge is 0.245 e. The zero-order valence-corrected chi connectivity index (χ0v) is 31.6. The number of hydrogen-bond donors (Lipinski definition) is 4. The lowest BCUT2D eigenvalue weighted by Gasteiger charge is -2.41. The van der Waals surface area contributed by atoms with Crippen molar-refractivity contribution in [1.29, 1.82) is 0 Å². The fraction of sp³-hybridized carbons (Fsp3) is 0.730. The molecule has 1 aromatic rings.